The molecule has 0 spiro atoms. The molecule has 0 aliphatic carbocycles. The molecule has 2 atom stereocenters. The van der Waals surface area contributed by atoms with Gasteiger partial charge >= 0.3 is 0 Å². The monoisotopic (exact) mass is 507 g/mol. The fourth-order valence-electron chi connectivity index (χ4n) is 2.63. The molecule has 0 amide bonds. The number of anilines is 2. The van der Waals surface area contributed by atoms with Gasteiger partial charge in [0.05, 0.1) is 18.9 Å². The topological polar surface area (TPSA) is 126 Å². The molecule has 9 nitrogen and oxygen atoms in total. The highest BCUT2D eigenvalue weighted by molar-refractivity contribution is 7.99. The first-order chi connectivity index (χ1) is 14.9. The number of sulfonamides is 1. The third-order valence-corrected chi connectivity index (χ3v) is 5.60. The zero-order chi connectivity index (χ0) is 23.9. The van der Waals surface area contributed by atoms with Gasteiger partial charge in [-0.05, 0) is 37.5 Å². The van der Waals surface area contributed by atoms with Gasteiger partial charge in [0.2, 0.25) is 21.9 Å². The van der Waals surface area contributed by atoms with Crippen LogP contribution < -0.4 is 14.8 Å². The lowest BCUT2D eigenvalue weighted by Crippen LogP contribution is -2.27. The molecule has 0 radical (unpaired) electrons. The molecule has 0 saturated heterocycles. The second-order valence-corrected chi connectivity index (χ2v) is 11.2. The van der Waals surface area contributed by atoms with E-state index < -0.39 is 15.8 Å². The molecular formula is C19H27ClFN5O4S2. The molecule has 13 heteroatoms. The van der Waals surface area contributed by atoms with Crippen molar-refractivity contribution in [2.45, 2.75) is 43.6 Å². The van der Waals surface area contributed by atoms with Crippen LogP contribution in [0.25, 0.3) is 0 Å². The van der Waals surface area contributed by atoms with E-state index in [1.165, 1.54) is 23.9 Å². The van der Waals surface area contributed by atoms with Crippen molar-refractivity contribution in [1.29, 1.82) is 0 Å². The van der Waals surface area contributed by atoms with E-state index in [1.54, 1.807) is 0 Å². The lowest BCUT2D eigenvalue weighted by atomic mass is 10.0. The molecule has 0 aliphatic rings. The molecule has 2 aromatic rings. The van der Waals surface area contributed by atoms with Gasteiger partial charge in [0.1, 0.15) is 6.61 Å². The Morgan fingerprint density at radius 1 is 1.22 bits per heavy atom. The molecule has 1 aromatic heterocycles. The molecule has 32 heavy (non-hydrogen) atoms. The van der Waals surface area contributed by atoms with Crippen LogP contribution >= 0.6 is 23.4 Å². The van der Waals surface area contributed by atoms with Crippen LogP contribution in [0.15, 0.2) is 23.4 Å². The normalized spacial score (nSPS) is 13.6. The molecule has 0 aliphatic heterocycles. The van der Waals surface area contributed by atoms with E-state index in [1.807, 2.05) is 20.8 Å². The van der Waals surface area contributed by atoms with Crippen LogP contribution in [-0.4, -0.2) is 59.2 Å². The molecule has 2 rings (SSSR count). The Morgan fingerprint density at radius 3 is 2.50 bits per heavy atom. The molecule has 1 aromatic carbocycles. The number of nitrogens with zero attached hydrogens (tertiary/aromatic N) is 3. The number of aliphatic hydroxyl groups is 1. The standard InChI is InChI=1S/C19H27ClFN5O4S2/c1-11(2)7-14(9-27)22-17-23-18(26-32(4,28)29)25-19(24-17)31-12(3)10-30-16-6-5-13(20)8-15(16)21/h5-6,8,11-12,14,27H,7,9-10H2,1-4H3,(H2,22,23,24,25,26)/t12-,14+/m0/s1. The Bertz CT molecular complexity index is 1010. The Hall–Kier alpha value is -1.89. The number of rotatable bonds is 12. The van der Waals surface area contributed by atoms with Crippen molar-refractivity contribution >= 4 is 45.3 Å². The molecule has 0 fully saturated rings. The Morgan fingerprint density at radius 2 is 1.91 bits per heavy atom. The fourth-order valence-corrected chi connectivity index (χ4v) is 3.99. The Labute approximate surface area is 196 Å². The van der Waals surface area contributed by atoms with Gasteiger partial charge in [-0.25, -0.2) is 12.8 Å². The third-order valence-electron chi connectivity index (χ3n) is 3.88. The van der Waals surface area contributed by atoms with E-state index in [4.69, 9.17) is 16.3 Å². The van der Waals surface area contributed by atoms with E-state index in [-0.39, 0.29) is 52.3 Å². The average Bonchev–Trinajstić information content (AvgIpc) is 2.64. The molecule has 0 bridgehead atoms. The summed E-state index contributed by atoms with van der Waals surface area (Å²) < 4.78 is 44.9. The summed E-state index contributed by atoms with van der Waals surface area (Å²) in [4.78, 5) is 12.6. The van der Waals surface area contributed by atoms with Crippen LogP contribution in [0.3, 0.4) is 0 Å². The highest BCUT2D eigenvalue weighted by atomic mass is 35.5. The van der Waals surface area contributed by atoms with Gasteiger partial charge in [-0.3, -0.25) is 4.72 Å². The summed E-state index contributed by atoms with van der Waals surface area (Å²) in [5.41, 5.74) is 0. The highest BCUT2D eigenvalue weighted by Gasteiger charge is 2.17. The molecule has 3 N–H and O–H groups in total. The maximum absolute atomic E-state index is 13.9. The number of hydrogen-bond donors (Lipinski definition) is 3. The lowest BCUT2D eigenvalue weighted by Gasteiger charge is -2.19. The number of ether oxygens (including phenoxy) is 1. The smallest absolute Gasteiger partial charge is 0.242 e. The minimum Gasteiger partial charge on any atom is -0.489 e. The van der Waals surface area contributed by atoms with Gasteiger partial charge in [0.15, 0.2) is 16.7 Å². The van der Waals surface area contributed by atoms with Crippen LogP contribution in [0.4, 0.5) is 16.3 Å². The first-order valence-electron chi connectivity index (χ1n) is 9.81. The van der Waals surface area contributed by atoms with E-state index in [0.29, 0.717) is 12.3 Å². The van der Waals surface area contributed by atoms with Crippen molar-refractivity contribution in [2.75, 3.05) is 29.5 Å². The van der Waals surface area contributed by atoms with Crippen LogP contribution in [0, 0.1) is 11.7 Å². The molecule has 178 valence electrons. The Kier molecular flexibility index (Phi) is 9.74. The predicted octanol–water partition coefficient (Wildman–Crippen LogP) is 3.41. The van der Waals surface area contributed by atoms with E-state index in [0.717, 1.165) is 12.3 Å². The van der Waals surface area contributed by atoms with E-state index >= 15 is 0 Å². The number of nitrogens with one attached hydrogen (secondary N) is 2. The summed E-state index contributed by atoms with van der Waals surface area (Å²) in [7, 11) is -3.61. The van der Waals surface area contributed by atoms with Gasteiger partial charge < -0.3 is 15.2 Å². The van der Waals surface area contributed by atoms with Crippen LogP contribution in [0.5, 0.6) is 5.75 Å². The maximum atomic E-state index is 13.9. The van der Waals surface area contributed by atoms with Crippen molar-refractivity contribution < 1.29 is 22.7 Å². The minimum absolute atomic E-state index is 0.0683. The third kappa shape index (κ3) is 9.31. The van der Waals surface area contributed by atoms with Gasteiger partial charge in [0, 0.05) is 10.3 Å². The van der Waals surface area contributed by atoms with E-state index in [2.05, 4.69) is 25.0 Å². The first-order valence-corrected chi connectivity index (χ1v) is 13.0. The summed E-state index contributed by atoms with van der Waals surface area (Å²) in [6, 6.07) is 3.82. The quantitative estimate of drug-likeness (QED) is 0.370. The average molecular weight is 508 g/mol. The number of hydrogen-bond acceptors (Lipinski definition) is 9. The number of halogens is 2. The maximum Gasteiger partial charge on any atom is 0.242 e. The number of benzene rings is 1. The van der Waals surface area contributed by atoms with Crippen molar-refractivity contribution in [1.82, 2.24) is 15.0 Å². The summed E-state index contributed by atoms with van der Waals surface area (Å²) in [5.74, 6) is -0.204. The zero-order valence-electron chi connectivity index (χ0n) is 18.2. The van der Waals surface area contributed by atoms with Crippen molar-refractivity contribution in [2.24, 2.45) is 5.92 Å². The van der Waals surface area contributed by atoms with Crippen LogP contribution in [-0.2, 0) is 10.0 Å². The summed E-state index contributed by atoms with van der Waals surface area (Å²) >= 11 is 6.95. The van der Waals surface area contributed by atoms with Gasteiger partial charge in [-0.15, -0.1) is 0 Å². The van der Waals surface area contributed by atoms with E-state index in [9.17, 15) is 17.9 Å². The largest absolute Gasteiger partial charge is 0.489 e. The zero-order valence-corrected chi connectivity index (χ0v) is 20.6. The summed E-state index contributed by atoms with van der Waals surface area (Å²) in [6.45, 7) is 5.85. The summed E-state index contributed by atoms with van der Waals surface area (Å²) in [5, 5.41) is 12.9. The first kappa shape index (κ1) is 26.4. The number of aliphatic hydroxyl groups excluding tert-OH is 1. The summed E-state index contributed by atoms with van der Waals surface area (Å²) in [6.07, 6.45) is 1.65. The second kappa shape index (κ2) is 11.8. The number of thioether (sulfide) groups is 1. The van der Waals surface area contributed by atoms with Crippen LogP contribution in [0.1, 0.15) is 27.2 Å². The van der Waals surface area contributed by atoms with Crippen molar-refractivity contribution in [3.8, 4) is 5.75 Å². The lowest BCUT2D eigenvalue weighted by molar-refractivity contribution is 0.259. The van der Waals surface area contributed by atoms with Gasteiger partial charge in [-0.1, -0.05) is 37.2 Å². The van der Waals surface area contributed by atoms with Gasteiger partial charge in [-0.2, -0.15) is 15.0 Å². The molecule has 0 saturated carbocycles. The SMILES string of the molecule is CC(C)C[C@H](CO)Nc1nc(NS(C)(=O)=O)nc(S[C@@H](C)COc2ccc(Cl)cc2F)n1. The second-order valence-electron chi connectivity index (χ2n) is 7.61. The van der Waals surface area contributed by atoms with Crippen LogP contribution in [0.2, 0.25) is 5.02 Å². The molecule has 0 unspecified atom stereocenters. The molecular weight excluding hydrogens is 481 g/mol. The van der Waals surface area contributed by atoms with Crippen molar-refractivity contribution in [3.63, 3.8) is 0 Å². The van der Waals surface area contributed by atoms with Crippen molar-refractivity contribution in [3.05, 3.63) is 29.0 Å². The number of aromatic nitrogens is 3. The Balaban J connectivity index is 2.15. The molecule has 1 heterocycles. The predicted molar refractivity (Wildman–Crippen MR) is 124 cm³/mol. The van der Waals surface area contributed by atoms with Gasteiger partial charge in [0.25, 0.3) is 0 Å². The minimum atomic E-state index is -3.61. The fraction of sp³-hybridized carbons (Fsp3) is 0.526. The highest BCUT2D eigenvalue weighted by Crippen LogP contribution is 2.25.